The third kappa shape index (κ3) is 5.14. The average molecular weight is 473 g/mol. The largest absolute Gasteiger partial charge is 0.481 e. The summed E-state index contributed by atoms with van der Waals surface area (Å²) in [5.41, 5.74) is 2.02. The zero-order valence-electron chi connectivity index (χ0n) is 17.3. The standard InChI is InChI=1S/C23H25BrN2O4/c1-23(2,3)16-8-18(10-19(27)9-16)26-13-15(12-25-26)20(22(29)30)11-21(28)14-4-6-17(24)7-5-14/h4-8,10,12,15,20H,9,11,13H2,1-3H3,(H,29,30). The summed E-state index contributed by atoms with van der Waals surface area (Å²) in [5, 5.41) is 15.7. The van der Waals surface area contributed by atoms with Crippen LogP contribution in [0.15, 0.2) is 57.3 Å². The molecule has 1 N–H and O–H groups in total. The van der Waals surface area contributed by atoms with Gasteiger partial charge in [-0.25, -0.2) is 0 Å². The number of carboxylic acids is 1. The normalized spacial score (nSPS) is 20.1. The Bertz CT molecular complexity index is 954. The van der Waals surface area contributed by atoms with Gasteiger partial charge < -0.3 is 5.11 Å². The average Bonchev–Trinajstić information content (AvgIpc) is 3.15. The minimum atomic E-state index is -1.03. The first-order chi connectivity index (χ1) is 14.0. The minimum Gasteiger partial charge on any atom is -0.481 e. The quantitative estimate of drug-likeness (QED) is 0.617. The first kappa shape index (κ1) is 22.2. The number of carboxylic acid groups (broad SMARTS) is 1. The van der Waals surface area contributed by atoms with Gasteiger partial charge in [-0.3, -0.25) is 19.4 Å². The lowest BCUT2D eigenvalue weighted by Crippen LogP contribution is -2.31. The zero-order valence-corrected chi connectivity index (χ0v) is 18.8. The van der Waals surface area contributed by atoms with Crippen LogP contribution in [0.25, 0.3) is 0 Å². The summed E-state index contributed by atoms with van der Waals surface area (Å²) in [4.78, 5) is 36.7. The summed E-state index contributed by atoms with van der Waals surface area (Å²) in [5.74, 6) is -2.55. The summed E-state index contributed by atoms with van der Waals surface area (Å²) < 4.78 is 0.852. The second kappa shape index (κ2) is 8.68. The summed E-state index contributed by atoms with van der Waals surface area (Å²) in [6, 6.07) is 6.87. The number of carbonyl (C=O) groups excluding carboxylic acids is 2. The van der Waals surface area contributed by atoms with Crippen molar-refractivity contribution in [1.29, 1.82) is 0 Å². The van der Waals surface area contributed by atoms with Crippen LogP contribution in [0.3, 0.4) is 0 Å². The maximum atomic E-state index is 12.6. The Hall–Kier alpha value is -2.54. The Labute approximate surface area is 184 Å². The predicted molar refractivity (Wildman–Crippen MR) is 118 cm³/mol. The molecule has 1 aromatic carbocycles. The van der Waals surface area contributed by atoms with Gasteiger partial charge in [-0.2, -0.15) is 5.10 Å². The molecule has 2 atom stereocenters. The number of nitrogens with zero attached hydrogens (tertiary/aromatic N) is 2. The van der Waals surface area contributed by atoms with E-state index in [9.17, 15) is 19.5 Å². The van der Waals surface area contributed by atoms with Gasteiger partial charge in [0.2, 0.25) is 0 Å². The Morgan fingerprint density at radius 3 is 2.50 bits per heavy atom. The molecular formula is C23H25BrN2O4. The minimum absolute atomic E-state index is 0.0104. The van der Waals surface area contributed by atoms with Gasteiger partial charge in [-0.1, -0.05) is 54.4 Å². The van der Waals surface area contributed by atoms with Gasteiger partial charge in [0.1, 0.15) is 0 Å². The highest BCUT2D eigenvalue weighted by Crippen LogP contribution is 2.34. The number of hydrogen-bond acceptors (Lipinski definition) is 5. The maximum absolute atomic E-state index is 12.6. The van der Waals surface area contributed by atoms with Crippen molar-refractivity contribution in [3.8, 4) is 0 Å². The van der Waals surface area contributed by atoms with Gasteiger partial charge >= 0.3 is 5.97 Å². The molecule has 0 bridgehead atoms. The van der Waals surface area contributed by atoms with E-state index in [1.807, 2.05) is 6.08 Å². The summed E-state index contributed by atoms with van der Waals surface area (Å²) in [7, 11) is 0. The molecule has 0 aromatic heterocycles. The van der Waals surface area contributed by atoms with Gasteiger partial charge in [0.25, 0.3) is 0 Å². The van der Waals surface area contributed by atoms with E-state index < -0.39 is 17.8 Å². The highest BCUT2D eigenvalue weighted by atomic mass is 79.9. The van der Waals surface area contributed by atoms with Crippen LogP contribution < -0.4 is 0 Å². The van der Waals surface area contributed by atoms with E-state index in [1.165, 1.54) is 0 Å². The summed E-state index contributed by atoms with van der Waals surface area (Å²) >= 11 is 3.33. The molecule has 0 amide bonds. The van der Waals surface area contributed by atoms with E-state index >= 15 is 0 Å². The number of aliphatic carboxylic acids is 1. The molecule has 158 valence electrons. The molecule has 1 aliphatic heterocycles. The maximum Gasteiger partial charge on any atom is 0.307 e. The predicted octanol–water partition coefficient (Wildman–Crippen LogP) is 4.47. The van der Waals surface area contributed by atoms with Gasteiger partial charge in [-0.05, 0) is 23.6 Å². The molecule has 1 aliphatic carbocycles. The second-order valence-corrected chi connectivity index (χ2v) is 9.64. The molecule has 2 unspecified atom stereocenters. The van der Waals surface area contributed by atoms with Gasteiger partial charge in [0.15, 0.2) is 11.6 Å². The molecule has 6 nitrogen and oxygen atoms in total. The number of rotatable bonds is 6. The van der Waals surface area contributed by atoms with E-state index in [1.54, 1.807) is 41.6 Å². The lowest BCUT2D eigenvalue weighted by molar-refractivity contribution is -0.142. The SMILES string of the molecule is CC(C)(C)C1=CC(N2CC(C(CC(=O)c3ccc(Br)cc3)C(=O)O)C=N2)=CC(=O)C1. The van der Waals surface area contributed by atoms with Crippen LogP contribution in [0.1, 0.15) is 44.0 Å². The highest BCUT2D eigenvalue weighted by Gasteiger charge is 2.35. The number of allylic oxidation sites excluding steroid dienone is 3. The van der Waals surface area contributed by atoms with Gasteiger partial charge in [-0.15, -0.1) is 0 Å². The Morgan fingerprint density at radius 1 is 1.23 bits per heavy atom. The molecule has 0 saturated heterocycles. The van der Waals surface area contributed by atoms with Gasteiger partial charge in [0, 0.05) is 41.1 Å². The monoisotopic (exact) mass is 472 g/mol. The van der Waals surface area contributed by atoms with Crippen LogP contribution in [-0.2, 0) is 9.59 Å². The molecule has 0 saturated carbocycles. The third-order valence-corrected chi connectivity index (χ3v) is 5.97. The fraction of sp³-hybridized carbons (Fsp3) is 0.391. The van der Waals surface area contributed by atoms with Crippen molar-refractivity contribution in [1.82, 2.24) is 5.01 Å². The first-order valence-electron chi connectivity index (χ1n) is 9.83. The van der Waals surface area contributed by atoms with Crippen LogP contribution >= 0.6 is 15.9 Å². The molecule has 0 fully saturated rings. The number of carbonyl (C=O) groups is 3. The molecule has 2 aliphatic rings. The Kier molecular flexibility index (Phi) is 6.41. The number of ketones is 2. The van der Waals surface area contributed by atoms with E-state index in [-0.39, 0.29) is 23.4 Å². The molecule has 30 heavy (non-hydrogen) atoms. The molecule has 3 rings (SSSR count). The molecule has 7 heteroatoms. The Balaban J connectivity index is 1.73. The van der Waals surface area contributed by atoms with Crippen molar-refractivity contribution in [3.05, 3.63) is 57.7 Å². The van der Waals surface area contributed by atoms with Crippen LogP contribution in [-0.4, -0.2) is 40.4 Å². The van der Waals surface area contributed by atoms with Crippen molar-refractivity contribution in [2.45, 2.75) is 33.6 Å². The third-order valence-electron chi connectivity index (χ3n) is 5.44. The number of Topliss-reactive ketones (excluding diaryl/α,β-unsaturated/α-hetero) is 1. The second-order valence-electron chi connectivity index (χ2n) is 8.72. The summed E-state index contributed by atoms with van der Waals surface area (Å²) in [6.07, 6.45) is 5.37. The molecule has 1 heterocycles. The van der Waals surface area contributed by atoms with Crippen molar-refractivity contribution in [3.63, 3.8) is 0 Å². The van der Waals surface area contributed by atoms with E-state index in [0.717, 1.165) is 10.0 Å². The summed E-state index contributed by atoms with van der Waals surface area (Å²) in [6.45, 7) is 6.48. The zero-order chi connectivity index (χ0) is 22.1. The number of hydrazone groups is 1. The fourth-order valence-corrected chi connectivity index (χ4v) is 3.81. The van der Waals surface area contributed by atoms with E-state index in [0.29, 0.717) is 24.2 Å². The smallest absolute Gasteiger partial charge is 0.307 e. The lowest BCUT2D eigenvalue weighted by Gasteiger charge is -2.28. The number of benzene rings is 1. The Morgan fingerprint density at radius 2 is 1.90 bits per heavy atom. The fourth-order valence-electron chi connectivity index (χ4n) is 3.54. The van der Waals surface area contributed by atoms with E-state index in [2.05, 4.69) is 41.8 Å². The van der Waals surface area contributed by atoms with Crippen LogP contribution in [0.2, 0.25) is 0 Å². The van der Waals surface area contributed by atoms with E-state index in [4.69, 9.17) is 0 Å². The molecule has 1 aromatic rings. The van der Waals surface area contributed by atoms with Crippen molar-refractivity contribution in [2.24, 2.45) is 22.4 Å². The van der Waals surface area contributed by atoms with Crippen molar-refractivity contribution < 1.29 is 19.5 Å². The van der Waals surface area contributed by atoms with Crippen molar-refractivity contribution >= 4 is 39.7 Å². The number of halogens is 1. The van der Waals surface area contributed by atoms with Crippen LogP contribution in [0.5, 0.6) is 0 Å². The van der Waals surface area contributed by atoms with Crippen LogP contribution in [0, 0.1) is 17.3 Å². The van der Waals surface area contributed by atoms with Crippen molar-refractivity contribution in [2.75, 3.05) is 6.54 Å². The molecule has 0 radical (unpaired) electrons. The van der Waals surface area contributed by atoms with Crippen LogP contribution in [0.4, 0.5) is 0 Å². The lowest BCUT2D eigenvalue weighted by atomic mass is 9.81. The number of hydrogen-bond donors (Lipinski definition) is 1. The van der Waals surface area contributed by atoms with Gasteiger partial charge in [0.05, 0.1) is 18.2 Å². The first-order valence-corrected chi connectivity index (χ1v) is 10.6. The highest BCUT2D eigenvalue weighted by molar-refractivity contribution is 9.10. The molecular weight excluding hydrogens is 448 g/mol. The topological polar surface area (TPSA) is 87.0 Å². The molecule has 0 spiro atoms.